The first-order valence-electron chi connectivity index (χ1n) is 13.6. The summed E-state index contributed by atoms with van der Waals surface area (Å²) in [5.74, 6) is 1.87. The van der Waals surface area contributed by atoms with Crippen molar-refractivity contribution in [3.05, 3.63) is 53.6 Å². The van der Waals surface area contributed by atoms with Gasteiger partial charge in [0.25, 0.3) is 0 Å². The molecule has 1 N–H and O–H groups in total. The smallest absolute Gasteiger partial charge is 0.243 e. The summed E-state index contributed by atoms with van der Waals surface area (Å²) < 4.78 is 38.5. The van der Waals surface area contributed by atoms with Gasteiger partial charge in [0.1, 0.15) is 0 Å². The molecule has 1 unspecified atom stereocenters. The molecule has 38 heavy (non-hydrogen) atoms. The Morgan fingerprint density at radius 1 is 0.947 bits per heavy atom. The van der Waals surface area contributed by atoms with E-state index in [-0.39, 0.29) is 23.3 Å². The Kier molecular flexibility index (Phi) is 9.81. The van der Waals surface area contributed by atoms with Crippen LogP contribution in [0.1, 0.15) is 61.0 Å². The number of ether oxygens (including phenoxy) is 2. The lowest BCUT2D eigenvalue weighted by atomic mass is 10.0. The van der Waals surface area contributed by atoms with E-state index < -0.39 is 10.0 Å². The Morgan fingerprint density at radius 2 is 1.61 bits per heavy atom. The van der Waals surface area contributed by atoms with Gasteiger partial charge in [0, 0.05) is 31.2 Å². The monoisotopic (exact) mass is 543 g/mol. The van der Waals surface area contributed by atoms with Crippen molar-refractivity contribution in [2.24, 2.45) is 5.92 Å². The summed E-state index contributed by atoms with van der Waals surface area (Å²) in [6, 6.07) is 12.5. The van der Waals surface area contributed by atoms with Crippen LogP contribution in [0.3, 0.4) is 0 Å². The van der Waals surface area contributed by atoms with Crippen LogP contribution in [0.25, 0.3) is 0 Å². The van der Waals surface area contributed by atoms with E-state index in [2.05, 4.69) is 23.2 Å². The molecule has 2 fully saturated rings. The fourth-order valence-electron chi connectivity index (χ4n) is 5.36. The first kappa shape index (κ1) is 28.5. The molecule has 8 nitrogen and oxygen atoms in total. The van der Waals surface area contributed by atoms with Gasteiger partial charge in [0.2, 0.25) is 10.0 Å². The van der Waals surface area contributed by atoms with E-state index in [4.69, 9.17) is 9.47 Å². The molecule has 9 heteroatoms. The van der Waals surface area contributed by atoms with Crippen LogP contribution in [0.5, 0.6) is 11.5 Å². The zero-order chi connectivity index (χ0) is 27.1. The normalized spacial score (nSPS) is 18.7. The average molecular weight is 544 g/mol. The number of carbonyl (C=O) groups is 1. The Bertz CT molecular complexity index is 1170. The van der Waals surface area contributed by atoms with Crippen LogP contribution < -0.4 is 14.8 Å². The Morgan fingerprint density at radius 3 is 2.24 bits per heavy atom. The highest BCUT2D eigenvalue weighted by atomic mass is 32.2. The number of piperidine rings is 2. The number of carbonyl (C=O) groups excluding carboxylic acids is 1. The van der Waals surface area contributed by atoms with Crippen LogP contribution in [0.2, 0.25) is 0 Å². The first-order chi connectivity index (χ1) is 18.3. The molecule has 0 aromatic heterocycles. The van der Waals surface area contributed by atoms with Gasteiger partial charge >= 0.3 is 0 Å². The molecular weight excluding hydrogens is 502 g/mol. The number of nitrogens with zero attached hydrogens (tertiary/aromatic N) is 2. The fraction of sp³-hybridized carbons (Fsp3) is 0.552. The number of sulfonamides is 1. The van der Waals surface area contributed by atoms with E-state index in [0.717, 1.165) is 44.3 Å². The molecule has 0 radical (unpaired) electrons. The van der Waals surface area contributed by atoms with Gasteiger partial charge in [0.15, 0.2) is 17.3 Å². The summed E-state index contributed by atoms with van der Waals surface area (Å²) in [5.41, 5.74) is 1.62. The molecule has 2 aliphatic heterocycles. The molecule has 2 aliphatic rings. The maximum Gasteiger partial charge on any atom is 0.243 e. The minimum atomic E-state index is -3.53. The molecule has 0 saturated carbocycles. The number of methoxy groups -OCH3 is 2. The predicted molar refractivity (Wildman–Crippen MR) is 149 cm³/mol. The summed E-state index contributed by atoms with van der Waals surface area (Å²) in [6.45, 7) is 6.07. The zero-order valence-corrected chi connectivity index (χ0v) is 23.6. The van der Waals surface area contributed by atoms with E-state index in [1.165, 1.54) is 6.42 Å². The minimum Gasteiger partial charge on any atom is -0.493 e. The first-order valence-corrected chi connectivity index (χ1v) is 15.1. The van der Waals surface area contributed by atoms with Gasteiger partial charge in [-0.15, -0.1) is 0 Å². The van der Waals surface area contributed by atoms with Gasteiger partial charge in [-0.1, -0.05) is 31.5 Å². The molecular formula is C29H41N3O5S. The van der Waals surface area contributed by atoms with Crippen LogP contribution in [0.4, 0.5) is 0 Å². The summed E-state index contributed by atoms with van der Waals surface area (Å²) in [6.07, 6.45) is 5.32. The average Bonchev–Trinajstić information content (AvgIpc) is 2.95. The number of rotatable bonds is 11. The van der Waals surface area contributed by atoms with Crippen LogP contribution >= 0.6 is 0 Å². The highest BCUT2D eigenvalue weighted by Crippen LogP contribution is 2.33. The van der Waals surface area contributed by atoms with Gasteiger partial charge in [0.05, 0.1) is 25.7 Å². The maximum absolute atomic E-state index is 13.0. The van der Waals surface area contributed by atoms with E-state index >= 15 is 0 Å². The Labute approximate surface area is 227 Å². The second kappa shape index (κ2) is 13.1. The van der Waals surface area contributed by atoms with E-state index in [1.54, 1.807) is 42.8 Å². The zero-order valence-electron chi connectivity index (χ0n) is 22.8. The van der Waals surface area contributed by atoms with Gasteiger partial charge in [-0.25, -0.2) is 8.42 Å². The third-order valence-electron chi connectivity index (χ3n) is 7.80. The topological polar surface area (TPSA) is 88.2 Å². The molecule has 0 amide bonds. The molecule has 0 bridgehead atoms. The van der Waals surface area contributed by atoms with Crippen molar-refractivity contribution < 1.29 is 22.7 Å². The third-order valence-corrected chi connectivity index (χ3v) is 9.72. The molecule has 1 atom stereocenters. The number of hydrogen-bond acceptors (Lipinski definition) is 7. The van der Waals surface area contributed by atoms with Crippen molar-refractivity contribution in [1.82, 2.24) is 14.5 Å². The lowest BCUT2D eigenvalue weighted by Gasteiger charge is -2.35. The summed E-state index contributed by atoms with van der Waals surface area (Å²) in [7, 11) is -0.264. The van der Waals surface area contributed by atoms with Crippen molar-refractivity contribution in [2.75, 3.05) is 53.5 Å². The SMILES string of the molecule is COc1ccc(C(CNCC(=O)c2ccc(S(=O)(=O)N3CCC(C)CC3)cc2)N2CCCCC2)cc1OC. The number of hydrogen-bond donors (Lipinski definition) is 1. The lowest BCUT2D eigenvalue weighted by Crippen LogP contribution is -2.40. The highest BCUT2D eigenvalue weighted by molar-refractivity contribution is 7.89. The molecule has 4 rings (SSSR count). The highest BCUT2D eigenvalue weighted by Gasteiger charge is 2.28. The van der Waals surface area contributed by atoms with E-state index in [1.807, 2.05) is 12.1 Å². The van der Waals surface area contributed by atoms with Crippen molar-refractivity contribution >= 4 is 15.8 Å². The number of ketones is 1. The lowest BCUT2D eigenvalue weighted by molar-refractivity contribution is 0.0983. The van der Waals surface area contributed by atoms with E-state index in [0.29, 0.717) is 42.6 Å². The standard InChI is InChI=1S/C29H41N3O5S/c1-22-13-17-32(18-14-22)38(34,35)25-10-7-23(8-11-25)27(33)21-30-20-26(31-15-5-4-6-16-31)24-9-12-28(36-2)29(19-24)37-3/h7-12,19,22,26,30H,4-6,13-18,20-21H2,1-3H3. The summed E-state index contributed by atoms with van der Waals surface area (Å²) in [5, 5.41) is 3.36. The maximum atomic E-state index is 13.0. The van der Waals surface area contributed by atoms with E-state index in [9.17, 15) is 13.2 Å². The molecule has 0 aliphatic carbocycles. The number of benzene rings is 2. The number of Topliss-reactive ketones (excluding diaryl/α,β-unsaturated/α-hetero) is 1. The molecule has 2 aromatic carbocycles. The van der Waals surface area contributed by atoms with Crippen LogP contribution in [-0.2, 0) is 10.0 Å². The van der Waals surface area contributed by atoms with Gasteiger partial charge in [-0.05, 0) is 74.5 Å². The van der Waals surface area contributed by atoms with Crippen molar-refractivity contribution in [3.8, 4) is 11.5 Å². The molecule has 208 valence electrons. The van der Waals surface area contributed by atoms with Crippen LogP contribution in [0, 0.1) is 5.92 Å². The number of nitrogens with one attached hydrogen (secondary N) is 1. The largest absolute Gasteiger partial charge is 0.493 e. The van der Waals surface area contributed by atoms with Crippen molar-refractivity contribution in [2.45, 2.75) is 50.0 Å². The quantitative estimate of drug-likeness (QED) is 0.427. The van der Waals surface area contributed by atoms with Crippen LogP contribution in [-0.4, -0.2) is 76.9 Å². The fourth-order valence-corrected chi connectivity index (χ4v) is 6.83. The van der Waals surface area contributed by atoms with Gasteiger partial charge in [-0.2, -0.15) is 4.31 Å². The predicted octanol–water partition coefficient (Wildman–Crippen LogP) is 4.12. The Hall–Kier alpha value is -2.46. The summed E-state index contributed by atoms with van der Waals surface area (Å²) in [4.78, 5) is 15.7. The second-order valence-electron chi connectivity index (χ2n) is 10.4. The van der Waals surface area contributed by atoms with Gasteiger partial charge in [-0.3, -0.25) is 9.69 Å². The molecule has 2 saturated heterocycles. The molecule has 2 heterocycles. The van der Waals surface area contributed by atoms with Gasteiger partial charge < -0.3 is 14.8 Å². The molecule has 2 aromatic rings. The molecule has 0 spiro atoms. The van der Waals surface area contributed by atoms with Crippen molar-refractivity contribution in [1.29, 1.82) is 0 Å². The number of likely N-dealkylation sites (tertiary alicyclic amines) is 1. The Balaban J connectivity index is 1.39. The minimum absolute atomic E-state index is 0.0644. The third kappa shape index (κ3) is 6.75. The van der Waals surface area contributed by atoms with Crippen LogP contribution in [0.15, 0.2) is 47.4 Å². The van der Waals surface area contributed by atoms with Crippen molar-refractivity contribution in [3.63, 3.8) is 0 Å². The second-order valence-corrected chi connectivity index (χ2v) is 12.3. The summed E-state index contributed by atoms with van der Waals surface area (Å²) >= 11 is 0.